The maximum atomic E-state index is 14.3. The number of benzene rings is 1. The van der Waals surface area contributed by atoms with E-state index in [2.05, 4.69) is 42.7 Å². The van der Waals surface area contributed by atoms with Gasteiger partial charge >= 0.3 is 12.1 Å². The molecule has 1 saturated heterocycles. The van der Waals surface area contributed by atoms with E-state index in [0.29, 0.717) is 19.3 Å². The molecular formula is C37H53N3O7. The zero-order valence-electron chi connectivity index (χ0n) is 29.2. The third-order valence-corrected chi connectivity index (χ3v) is 11.0. The minimum absolute atomic E-state index is 0.00562. The van der Waals surface area contributed by atoms with Gasteiger partial charge in [0.1, 0.15) is 18.2 Å². The van der Waals surface area contributed by atoms with Gasteiger partial charge in [-0.25, -0.2) is 4.79 Å². The average molecular weight is 652 g/mol. The van der Waals surface area contributed by atoms with Gasteiger partial charge in [-0.15, -0.1) is 0 Å². The second-order valence-corrected chi connectivity index (χ2v) is 16.3. The van der Waals surface area contributed by atoms with Crippen LogP contribution in [0.25, 0.3) is 0 Å². The number of alkyl carbamates (subject to hydrolysis) is 1. The number of cyclic esters (lactones) is 1. The van der Waals surface area contributed by atoms with Crippen molar-refractivity contribution in [3.05, 3.63) is 34.9 Å². The number of carbonyl (C=O) groups excluding carboxylic acids is 5. The molecule has 2 fully saturated rings. The number of ether oxygens (including phenoxy) is 2. The van der Waals surface area contributed by atoms with Crippen LogP contribution in [0.1, 0.15) is 104 Å². The molecule has 10 heteroatoms. The van der Waals surface area contributed by atoms with Gasteiger partial charge in [0.05, 0.1) is 24.6 Å². The fraction of sp³-hybridized carbons (Fsp3) is 0.703. The Kier molecular flexibility index (Phi) is 9.82. The van der Waals surface area contributed by atoms with Gasteiger partial charge in [-0.2, -0.15) is 0 Å². The summed E-state index contributed by atoms with van der Waals surface area (Å²) in [5.74, 6) is -1.62. The maximum absolute atomic E-state index is 14.3. The van der Waals surface area contributed by atoms with Crippen molar-refractivity contribution in [1.82, 2.24) is 15.5 Å². The zero-order valence-corrected chi connectivity index (χ0v) is 29.2. The molecule has 10 nitrogen and oxygen atoms in total. The van der Waals surface area contributed by atoms with Gasteiger partial charge in [-0.1, -0.05) is 72.6 Å². The zero-order chi connectivity index (χ0) is 34.3. The van der Waals surface area contributed by atoms with Gasteiger partial charge in [0.2, 0.25) is 11.8 Å². The Morgan fingerprint density at radius 3 is 2.45 bits per heavy atom. The number of esters is 1. The smallest absolute Gasteiger partial charge is 0.407 e. The summed E-state index contributed by atoms with van der Waals surface area (Å²) < 4.78 is 11.7. The molecule has 1 aromatic carbocycles. The summed E-state index contributed by atoms with van der Waals surface area (Å²) in [5.41, 5.74) is 1.66. The molecule has 6 atom stereocenters. The molecule has 4 bridgehead atoms. The van der Waals surface area contributed by atoms with Crippen LogP contribution < -0.4 is 10.6 Å². The standard InChI is InChI=1S/C37H53N3O7/c1-8-25-18-29(41)37(25,7)39-31(42)28-19-26-20-40(28)32(43)30(35(2,3)4)38-34(45)46-21-36(5,6)15-10-9-12-22-13-11-14-23-16-24(17-27(22)23)33(44)47-26/h11,13-14,24-26,28,30H,8-10,12,15-21H2,1-7H3,(H,38,45)(H,39,42)/t24?,25-,26-,28+,30-,37-/m1/s1. The summed E-state index contributed by atoms with van der Waals surface area (Å²) in [6, 6.07) is 4.29. The Morgan fingerprint density at radius 2 is 1.77 bits per heavy atom. The average Bonchev–Trinajstić information content (AvgIpc) is 3.64. The molecule has 0 radical (unpaired) electrons. The minimum Gasteiger partial charge on any atom is -0.460 e. The molecule has 2 aliphatic carbocycles. The van der Waals surface area contributed by atoms with Crippen molar-refractivity contribution in [2.75, 3.05) is 13.2 Å². The number of fused-ring (bicyclic) bond motifs is 3. The van der Waals surface area contributed by atoms with Gasteiger partial charge in [-0.05, 0) is 72.5 Å². The van der Waals surface area contributed by atoms with Crippen molar-refractivity contribution >= 4 is 29.7 Å². The highest BCUT2D eigenvalue weighted by Crippen LogP contribution is 2.38. The molecule has 1 saturated carbocycles. The molecule has 47 heavy (non-hydrogen) atoms. The van der Waals surface area contributed by atoms with Gasteiger partial charge in [-0.3, -0.25) is 19.2 Å². The number of Topliss-reactive ketones (excluding diaryl/α,β-unsaturated/α-hetero) is 1. The first-order valence-corrected chi connectivity index (χ1v) is 17.4. The Hall–Kier alpha value is -3.43. The van der Waals surface area contributed by atoms with Gasteiger partial charge in [0, 0.05) is 12.8 Å². The molecular weight excluding hydrogens is 598 g/mol. The van der Waals surface area contributed by atoms with Crippen LogP contribution in [0.15, 0.2) is 18.2 Å². The first kappa shape index (κ1) is 34.9. The summed E-state index contributed by atoms with van der Waals surface area (Å²) in [4.78, 5) is 69.1. The van der Waals surface area contributed by atoms with Crippen LogP contribution in [0, 0.1) is 22.7 Å². The number of amides is 3. The number of rotatable bonds is 3. The largest absolute Gasteiger partial charge is 0.460 e. The number of hydrogen-bond donors (Lipinski definition) is 2. The third-order valence-electron chi connectivity index (χ3n) is 11.0. The highest BCUT2D eigenvalue weighted by Gasteiger charge is 2.54. The molecule has 2 N–H and O–H groups in total. The van der Waals surface area contributed by atoms with E-state index in [4.69, 9.17) is 9.47 Å². The molecule has 4 aliphatic rings. The van der Waals surface area contributed by atoms with Crippen LogP contribution in [-0.2, 0) is 47.9 Å². The highest BCUT2D eigenvalue weighted by atomic mass is 16.6. The number of aryl methyl sites for hydroxylation is 1. The fourth-order valence-electron chi connectivity index (χ4n) is 7.79. The van der Waals surface area contributed by atoms with Gasteiger partial charge < -0.3 is 25.0 Å². The van der Waals surface area contributed by atoms with Crippen LogP contribution in [0.2, 0.25) is 0 Å². The van der Waals surface area contributed by atoms with E-state index in [1.807, 2.05) is 27.7 Å². The van der Waals surface area contributed by atoms with Gasteiger partial charge in [0.15, 0.2) is 5.78 Å². The molecule has 5 rings (SSSR count). The Bertz CT molecular complexity index is 1410. The number of hydrogen-bond acceptors (Lipinski definition) is 7. The molecule has 0 aromatic heterocycles. The van der Waals surface area contributed by atoms with Crippen LogP contribution in [0.4, 0.5) is 4.79 Å². The molecule has 1 unspecified atom stereocenters. The molecule has 3 amide bonds. The van der Waals surface area contributed by atoms with Crippen molar-refractivity contribution < 1.29 is 33.4 Å². The quantitative estimate of drug-likeness (QED) is 0.454. The highest BCUT2D eigenvalue weighted by molar-refractivity contribution is 6.00. The lowest BCUT2D eigenvalue weighted by molar-refractivity contribution is -0.154. The molecule has 0 spiro atoms. The fourth-order valence-corrected chi connectivity index (χ4v) is 7.79. The van der Waals surface area contributed by atoms with E-state index < -0.39 is 47.0 Å². The van der Waals surface area contributed by atoms with E-state index >= 15 is 0 Å². The first-order chi connectivity index (χ1) is 22.0. The monoisotopic (exact) mass is 651 g/mol. The lowest BCUT2D eigenvalue weighted by Crippen LogP contribution is -2.67. The summed E-state index contributed by atoms with van der Waals surface area (Å²) in [6.07, 6.45) is 4.75. The Labute approximate surface area is 279 Å². The Morgan fingerprint density at radius 1 is 1.04 bits per heavy atom. The summed E-state index contributed by atoms with van der Waals surface area (Å²) in [7, 11) is 0. The molecule has 2 heterocycles. The van der Waals surface area contributed by atoms with E-state index in [9.17, 15) is 24.0 Å². The van der Waals surface area contributed by atoms with E-state index in [0.717, 1.165) is 32.1 Å². The number of nitrogens with one attached hydrogen (secondary N) is 2. The van der Waals surface area contributed by atoms with Crippen molar-refractivity contribution in [2.45, 2.75) is 130 Å². The van der Waals surface area contributed by atoms with E-state index in [1.54, 1.807) is 6.92 Å². The minimum atomic E-state index is -1.01. The third kappa shape index (κ3) is 7.36. The normalized spacial score (nSPS) is 31.7. The predicted octanol–water partition coefficient (Wildman–Crippen LogP) is 4.68. The number of ketones is 1. The van der Waals surface area contributed by atoms with E-state index in [-0.39, 0.29) is 48.6 Å². The van der Waals surface area contributed by atoms with Crippen molar-refractivity contribution in [1.29, 1.82) is 0 Å². The van der Waals surface area contributed by atoms with Crippen LogP contribution >= 0.6 is 0 Å². The van der Waals surface area contributed by atoms with Crippen LogP contribution in [0.3, 0.4) is 0 Å². The second-order valence-electron chi connectivity index (χ2n) is 16.3. The summed E-state index contributed by atoms with van der Waals surface area (Å²) >= 11 is 0. The van der Waals surface area contributed by atoms with Crippen molar-refractivity contribution in [2.24, 2.45) is 22.7 Å². The lowest BCUT2D eigenvalue weighted by Gasteiger charge is -2.46. The molecule has 2 aliphatic heterocycles. The Balaban J connectivity index is 1.44. The van der Waals surface area contributed by atoms with Crippen LogP contribution in [-0.4, -0.2) is 71.4 Å². The SMILES string of the molecule is CC[C@@H]1CC(=O)[C@]1(C)NC(=O)[C@@H]1C[C@@H]2CN1C(=O)[C@H](C(C)(C)C)NC(=O)OCC(C)(C)CCCCc1cccc3c1CC(C3)C(=O)O2. The topological polar surface area (TPSA) is 131 Å². The van der Waals surface area contributed by atoms with E-state index in [1.165, 1.54) is 21.6 Å². The lowest BCUT2D eigenvalue weighted by atomic mass is 9.65. The first-order valence-electron chi connectivity index (χ1n) is 17.4. The van der Waals surface area contributed by atoms with Crippen LogP contribution in [0.5, 0.6) is 0 Å². The number of carbonyl (C=O) groups is 5. The number of nitrogens with zero attached hydrogens (tertiary/aromatic N) is 1. The van der Waals surface area contributed by atoms with Gasteiger partial charge in [0.25, 0.3) is 0 Å². The van der Waals surface area contributed by atoms with Crippen molar-refractivity contribution in [3.8, 4) is 0 Å². The summed E-state index contributed by atoms with van der Waals surface area (Å²) in [6.45, 7) is 13.6. The van der Waals surface area contributed by atoms with Crippen molar-refractivity contribution in [3.63, 3.8) is 0 Å². The molecule has 258 valence electrons. The predicted molar refractivity (Wildman–Crippen MR) is 176 cm³/mol. The second kappa shape index (κ2) is 13.2. The maximum Gasteiger partial charge on any atom is 0.407 e. The molecule has 1 aromatic rings. The summed E-state index contributed by atoms with van der Waals surface area (Å²) in [5, 5.41) is 5.75.